The van der Waals surface area contributed by atoms with Gasteiger partial charge in [-0.25, -0.2) is 0 Å². The lowest BCUT2D eigenvalue weighted by Crippen LogP contribution is -2.45. The molecule has 0 saturated heterocycles. The third-order valence-electron chi connectivity index (χ3n) is 3.63. The molecule has 1 atom stereocenters. The summed E-state index contributed by atoms with van der Waals surface area (Å²) in [7, 11) is -1.13. The van der Waals surface area contributed by atoms with Gasteiger partial charge in [0, 0.05) is 0 Å². The van der Waals surface area contributed by atoms with E-state index in [1.165, 1.54) is 6.42 Å². The molecule has 0 fully saturated rings. The number of benzene rings is 2. The van der Waals surface area contributed by atoms with Crippen LogP contribution in [0.2, 0.25) is 5.54 Å². The average molecular weight is 266 g/mol. The topological polar surface area (TPSA) is 0 Å². The van der Waals surface area contributed by atoms with Gasteiger partial charge < -0.3 is 0 Å². The van der Waals surface area contributed by atoms with Gasteiger partial charge in [0.2, 0.25) is 0 Å². The summed E-state index contributed by atoms with van der Waals surface area (Å²) in [5, 5.41) is 3.09. The summed E-state index contributed by atoms with van der Waals surface area (Å²) in [5.41, 5.74) is 0.737. The molecule has 0 bridgehead atoms. The van der Waals surface area contributed by atoms with Crippen LogP contribution in [0.25, 0.3) is 0 Å². The molecule has 0 aromatic heterocycles. The molecule has 0 heterocycles. The second-order valence-corrected chi connectivity index (χ2v) is 8.51. The van der Waals surface area contributed by atoms with Crippen molar-refractivity contribution in [3.8, 4) is 0 Å². The van der Waals surface area contributed by atoms with E-state index < -0.39 is 8.80 Å². The van der Waals surface area contributed by atoms with Crippen LogP contribution in [0.5, 0.6) is 0 Å². The Morgan fingerprint density at radius 2 is 1.37 bits per heavy atom. The largest absolute Gasteiger partial charge is 0.106 e. The third-order valence-corrected chi connectivity index (χ3v) is 7.25. The van der Waals surface area contributed by atoms with E-state index in [0.717, 1.165) is 5.54 Å². The van der Waals surface area contributed by atoms with Gasteiger partial charge in [-0.2, -0.15) is 0 Å². The molecule has 0 amide bonds. The van der Waals surface area contributed by atoms with Crippen LogP contribution in [0, 0.1) is 0 Å². The van der Waals surface area contributed by atoms with Crippen LogP contribution >= 0.6 is 0 Å². The Kier molecular flexibility index (Phi) is 5.16. The minimum Gasteiger partial charge on any atom is -0.0917 e. The number of rotatable bonds is 5. The molecule has 1 heteroatoms. The molecule has 0 nitrogen and oxygen atoms in total. The van der Waals surface area contributed by atoms with Gasteiger partial charge in [-0.15, -0.1) is 0 Å². The summed E-state index contributed by atoms with van der Waals surface area (Å²) in [6.07, 6.45) is 5.64. The summed E-state index contributed by atoms with van der Waals surface area (Å²) < 4.78 is 0. The van der Waals surface area contributed by atoms with Crippen molar-refractivity contribution in [2.24, 2.45) is 0 Å². The Morgan fingerprint density at radius 1 is 0.895 bits per heavy atom. The highest BCUT2D eigenvalue weighted by molar-refractivity contribution is 6.86. The minimum absolute atomic E-state index is 0.737. The Hall–Kier alpha value is -1.60. The summed E-state index contributed by atoms with van der Waals surface area (Å²) in [6.45, 7) is 4.51. The fourth-order valence-electron chi connectivity index (χ4n) is 2.66. The predicted molar refractivity (Wildman–Crippen MR) is 88.2 cm³/mol. The molecule has 2 rings (SSSR count). The summed E-state index contributed by atoms with van der Waals surface area (Å²) in [6, 6.07) is 22.1. The van der Waals surface area contributed by atoms with Crippen LogP contribution in [0.4, 0.5) is 0 Å². The van der Waals surface area contributed by atoms with E-state index in [-0.39, 0.29) is 0 Å². The van der Waals surface area contributed by atoms with Crippen molar-refractivity contribution in [1.82, 2.24) is 0 Å². The maximum Gasteiger partial charge on any atom is 0.106 e. The highest BCUT2D eigenvalue weighted by Crippen LogP contribution is 2.15. The van der Waals surface area contributed by atoms with Gasteiger partial charge in [0.1, 0.15) is 8.80 Å². The highest BCUT2D eigenvalue weighted by Gasteiger charge is 2.21. The van der Waals surface area contributed by atoms with Crippen molar-refractivity contribution in [2.45, 2.75) is 25.8 Å². The smallest absolute Gasteiger partial charge is 0.0917 e. The van der Waals surface area contributed by atoms with E-state index in [2.05, 4.69) is 86.7 Å². The fourth-order valence-corrected chi connectivity index (χ4v) is 6.06. The molecule has 98 valence electrons. The highest BCUT2D eigenvalue weighted by atomic mass is 28.3. The number of hydrogen-bond acceptors (Lipinski definition) is 0. The van der Waals surface area contributed by atoms with Crippen molar-refractivity contribution in [1.29, 1.82) is 0 Å². The zero-order valence-electron chi connectivity index (χ0n) is 11.8. The standard InChI is InChI=1S/C18H22Si/c1-3-4-11-16(2)19(17-12-7-5-8-13-17)18-14-9-6-10-15-18/h3-10,12-16,19H,11H2,1-2H3/b4-3-. The van der Waals surface area contributed by atoms with Gasteiger partial charge in [-0.3, -0.25) is 0 Å². The Balaban J connectivity index is 2.34. The molecule has 0 spiro atoms. The van der Waals surface area contributed by atoms with Gasteiger partial charge >= 0.3 is 0 Å². The van der Waals surface area contributed by atoms with Gasteiger partial charge in [0.25, 0.3) is 0 Å². The van der Waals surface area contributed by atoms with Crippen LogP contribution < -0.4 is 10.4 Å². The van der Waals surface area contributed by atoms with Crippen LogP contribution in [0.3, 0.4) is 0 Å². The molecule has 0 aliphatic carbocycles. The Morgan fingerprint density at radius 3 is 1.79 bits per heavy atom. The van der Waals surface area contributed by atoms with Gasteiger partial charge in [0.15, 0.2) is 0 Å². The van der Waals surface area contributed by atoms with Gasteiger partial charge in [-0.05, 0) is 18.9 Å². The lowest BCUT2D eigenvalue weighted by atomic mass is 10.3. The molecule has 0 saturated carbocycles. The molecular formula is C18H22Si. The monoisotopic (exact) mass is 266 g/mol. The van der Waals surface area contributed by atoms with E-state index in [1.54, 1.807) is 10.4 Å². The number of hydrogen-bond donors (Lipinski definition) is 0. The second-order valence-electron chi connectivity index (χ2n) is 5.08. The molecule has 2 aromatic carbocycles. The first kappa shape index (κ1) is 13.8. The second kappa shape index (κ2) is 7.10. The summed E-state index contributed by atoms with van der Waals surface area (Å²) in [4.78, 5) is 0. The van der Waals surface area contributed by atoms with Crippen LogP contribution in [0.1, 0.15) is 20.3 Å². The van der Waals surface area contributed by atoms with E-state index in [0.29, 0.717) is 0 Å². The van der Waals surface area contributed by atoms with Crippen molar-refractivity contribution in [3.63, 3.8) is 0 Å². The lowest BCUT2D eigenvalue weighted by Gasteiger charge is -2.22. The molecule has 0 radical (unpaired) electrons. The molecule has 0 aliphatic heterocycles. The first-order valence-electron chi connectivity index (χ1n) is 7.04. The van der Waals surface area contributed by atoms with Crippen molar-refractivity contribution in [2.75, 3.05) is 0 Å². The minimum atomic E-state index is -1.13. The molecule has 19 heavy (non-hydrogen) atoms. The Bertz CT molecular complexity index is 462. The zero-order chi connectivity index (χ0) is 13.5. The normalized spacial score (nSPS) is 13.0. The van der Waals surface area contributed by atoms with Crippen LogP contribution in [-0.4, -0.2) is 8.80 Å². The van der Waals surface area contributed by atoms with Crippen molar-refractivity contribution >= 4 is 19.2 Å². The van der Waals surface area contributed by atoms with Crippen molar-refractivity contribution in [3.05, 3.63) is 72.8 Å². The first-order chi connectivity index (χ1) is 9.33. The first-order valence-corrected chi connectivity index (χ1v) is 8.86. The Labute approximate surface area is 118 Å². The third kappa shape index (κ3) is 3.68. The van der Waals surface area contributed by atoms with E-state index in [1.807, 2.05) is 0 Å². The van der Waals surface area contributed by atoms with Gasteiger partial charge in [-0.1, -0.05) is 90.1 Å². The zero-order valence-corrected chi connectivity index (χ0v) is 12.9. The average Bonchev–Trinajstić information content (AvgIpc) is 2.47. The van der Waals surface area contributed by atoms with E-state index in [4.69, 9.17) is 0 Å². The van der Waals surface area contributed by atoms with E-state index in [9.17, 15) is 0 Å². The predicted octanol–water partition coefficient (Wildman–Crippen LogP) is 3.38. The number of allylic oxidation sites excluding steroid dienone is 2. The quantitative estimate of drug-likeness (QED) is 0.575. The van der Waals surface area contributed by atoms with Crippen LogP contribution in [-0.2, 0) is 0 Å². The van der Waals surface area contributed by atoms with E-state index >= 15 is 0 Å². The summed E-state index contributed by atoms with van der Waals surface area (Å²) >= 11 is 0. The fraction of sp³-hybridized carbons (Fsp3) is 0.222. The molecule has 1 unspecified atom stereocenters. The summed E-state index contributed by atoms with van der Waals surface area (Å²) in [5.74, 6) is 0. The van der Waals surface area contributed by atoms with Crippen LogP contribution in [0.15, 0.2) is 72.8 Å². The maximum absolute atomic E-state index is 2.40. The molecule has 2 aromatic rings. The molecule has 0 aliphatic rings. The van der Waals surface area contributed by atoms with Crippen molar-refractivity contribution < 1.29 is 0 Å². The lowest BCUT2D eigenvalue weighted by molar-refractivity contribution is 0.932. The molecular weight excluding hydrogens is 244 g/mol. The SMILES string of the molecule is C/C=C\CC(C)[SiH](c1ccccc1)c1ccccc1. The maximum atomic E-state index is 2.40. The molecule has 0 N–H and O–H groups in total. The van der Waals surface area contributed by atoms with Gasteiger partial charge in [0.05, 0.1) is 0 Å².